The molecule has 0 aromatic rings. The SMILES string of the molecule is CCC(C)C(C)/C=C/CC(=O)O. The van der Waals surface area contributed by atoms with Gasteiger partial charge in [-0.15, -0.1) is 0 Å². The molecule has 2 unspecified atom stereocenters. The van der Waals surface area contributed by atoms with Crippen LogP contribution >= 0.6 is 0 Å². The van der Waals surface area contributed by atoms with Crippen LogP contribution in [-0.2, 0) is 4.79 Å². The number of carboxylic acid groups (broad SMARTS) is 1. The lowest BCUT2D eigenvalue weighted by molar-refractivity contribution is -0.136. The van der Waals surface area contributed by atoms with Crippen LogP contribution < -0.4 is 0 Å². The summed E-state index contributed by atoms with van der Waals surface area (Å²) in [5.41, 5.74) is 0. The molecule has 0 aliphatic rings. The normalized spacial score (nSPS) is 16.2. The minimum absolute atomic E-state index is 0.140. The summed E-state index contributed by atoms with van der Waals surface area (Å²) in [7, 11) is 0. The second kappa shape index (κ2) is 5.81. The summed E-state index contributed by atoms with van der Waals surface area (Å²) >= 11 is 0. The molecular formula is C10H18O2. The molecule has 0 radical (unpaired) electrons. The van der Waals surface area contributed by atoms with Gasteiger partial charge < -0.3 is 5.11 Å². The van der Waals surface area contributed by atoms with Crippen molar-refractivity contribution < 1.29 is 9.90 Å². The van der Waals surface area contributed by atoms with Gasteiger partial charge in [0, 0.05) is 0 Å². The fraction of sp³-hybridized carbons (Fsp3) is 0.700. The molecule has 0 heterocycles. The first-order valence-electron chi connectivity index (χ1n) is 4.46. The lowest BCUT2D eigenvalue weighted by Crippen LogP contribution is -2.03. The van der Waals surface area contributed by atoms with Crippen LogP contribution in [0.15, 0.2) is 12.2 Å². The molecule has 12 heavy (non-hydrogen) atoms. The van der Waals surface area contributed by atoms with Gasteiger partial charge in [0.1, 0.15) is 0 Å². The maximum atomic E-state index is 10.2. The fourth-order valence-corrected chi connectivity index (χ4v) is 0.945. The van der Waals surface area contributed by atoms with Gasteiger partial charge in [0.25, 0.3) is 0 Å². The van der Waals surface area contributed by atoms with E-state index in [0.717, 1.165) is 6.42 Å². The number of hydrogen-bond acceptors (Lipinski definition) is 1. The second-order valence-electron chi connectivity index (χ2n) is 3.27. The third kappa shape index (κ3) is 4.94. The van der Waals surface area contributed by atoms with Crippen molar-refractivity contribution in [3.8, 4) is 0 Å². The highest BCUT2D eigenvalue weighted by molar-refractivity contribution is 5.68. The molecule has 1 N–H and O–H groups in total. The minimum Gasteiger partial charge on any atom is -0.481 e. The predicted octanol–water partition coefficient (Wildman–Crippen LogP) is 2.70. The number of hydrogen-bond donors (Lipinski definition) is 1. The number of allylic oxidation sites excluding steroid dienone is 1. The smallest absolute Gasteiger partial charge is 0.307 e. The van der Waals surface area contributed by atoms with E-state index < -0.39 is 5.97 Å². The topological polar surface area (TPSA) is 37.3 Å². The molecule has 0 aliphatic carbocycles. The Kier molecular flexibility index (Phi) is 5.43. The Morgan fingerprint density at radius 1 is 1.50 bits per heavy atom. The highest BCUT2D eigenvalue weighted by Crippen LogP contribution is 2.15. The summed E-state index contributed by atoms with van der Waals surface area (Å²) in [6.45, 7) is 6.44. The highest BCUT2D eigenvalue weighted by Gasteiger charge is 2.05. The summed E-state index contributed by atoms with van der Waals surface area (Å²) in [6.07, 6.45) is 5.00. The van der Waals surface area contributed by atoms with Crippen molar-refractivity contribution in [2.24, 2.45) is 11.8 Å². The molecule has 2 atom stereocenters. The first-order chi connectivity index (χ1) is 5.57. The number of carboxylic acids is 1. The second-order valence-corrected chi connectivity index (χ2v) is 3.27. The van der Waals surface area contributed by atoms with E-state index in [2.05, 4.69) is 20.8 Å². The van der Waals surface area contributed by atoms with Gasteiger partial charge in [-0.1, -0.05) is 39.3 Å². The molecule has 0 saturated heterocycles. The maximum absolute atomic E-state index is 10.2. The first-order valence-corrected chi connectivity index (χ1v) is 4.46. The molecule has 70 valence electrons. The predicted molar refractivity (Wildman–Crippen MR) is 50.0 cm³/mol. The van der Waals surface area contributed by atoms with E-state index in [1.54, 1.807) is 6.08 Å². The van der Waals surface area contributed by atoms with E-state index in [9.17, 15) is 4.79 Å². The standard InChI is InChI=1S/C10H18O2/c1-4-8(2)9(3)6-5-7-10(11)12/h5-6,8-9H,4,7H2,1-3H3,(H,11,12)/b6-5+. The third-order valence-corrected chi connectivity index (χ3v) is 2.27. The number of rotatable bonds is 5. The summed E-state index contributed by atoms with van der Waals surface area (Å²) in [5, 5.41) is 8.37. The Morgan fingerprint density at radius 2 is 2.08 bits per heavy atom. The zero-order valence-corrected chi connectivity index (χ0v) is 8.08. The van der Waals surface area contributed by atoms with Crippen LogP contribution in [0.2, 0.25) is 0 Å². The third-order valence-electron chi connectivity index (χ3n) is 2.27. The molecule has 0 rings (SSSR count). The lowest BCUT2D eigenvalue weighted by atomic mass is 9.93. The average molecular weight is 170 g/mol. The first kappa shape index (κ1) is 11.2. The number of carbonyl (C=O) groups is 1. The van der Waals surface area contributed by atoms with Gasteiger partial charge in [0.2, 0.25) is 0 Å². The molecule has 2 nitrogen and oxygen atoms in total. The molecule has 0 bridgehead atoms. The molecule has 0 fully saturated rings. The van der Waals surface area contributed by atoms with Gasteiger partial charge >= 0.3 is 5.97 Å². The fourth-order valence-electron chi connectivity index (χ4n) is 0.945. The van der Waals surface area contributed by atoms with Crippen LogP contribution in [-0.4, -0.2) is 11.1 Å². The van der Waals surface area contributed by atoms with E-state index in [1.807, 2.05) is 6.08 Å². The molecule has 0 spiro atoms. The summed E-state index contributed by atoms with van der Waals surface area (Å²) in [6, 6.07) is 0. The van der Waals surface area contributed by atoms with Crippen molar-refractivity contribution >= 4 is 5.97 Å². The van der Waals surface area contributed by atoms with Crippen molar-refractivity contribution in [3.05, 3.63) is 12.2 Å². The lowest BCUT2D eigenvalue weighted by Gasteiger charge is -2.13. The minimum atomic E-state index is -0.761. The van der Waals surface area contributed by atoms with Crippen molar-refractivity contribution in [3.63, 3.8) is 0 Å². The zero-order chi connectivity index (χ0) is 9.56. The van der Waals surface area contributed by atoms with Crippen LogP contribution in [0.3, 0.4) is 0 Å². The molecule has 0 aliphatic heterocycles. The highest BCUT2D eigenvalue weighted by atomic mass is 16.4. The van der Waals surface area contributed by atoms with Gasteiger partial charge in [0.05, 0.1) is 6.42 Å². The van der Waals surface area contributed by atoms with Crippen LogP contribution in [0.1, 0.15) is 33.6 Å². The van der Waals surface area contributed by atoms with E-state index in [4.69, 9.17) is 5.11 Å². The van der Waals surface area contributed by atoms with Crippen molar-refractivity contribution in [1.82, 2.24) is 0 Å². The van der Waals surface area contributed by atoms with Crippen molar-refractivity contribution in [2.75, 3.05) is 0 Å². The van der Waals surface area contributed by atoms with Crippen LogP contribution in [0.4, 0.5) is 0 Å². The van der Waals surface area contributed by atoms with E-state index in [-0.39, 0.29) is 6.42 Å². The Bertz CT molecular complexity index is 161. The van der Waals surface area contributed by atoms with Gasteiger partial charge in [-0.25, -0.2) is 0 Å². The Balaban J connectivity index is 3.74. The van der Waals surface area contributed by atoms with Crippen molar-refractivity contribution in [2.45, 2.75) is 33.6 Å². The Hall–Kier alpha value is -0.790. The largest absolute Gasteiger partial charge is 0.481 e. The van der Waals surface area contributed by atoms with E-state index in [0.29, 0.717) is 11.8 Å². The van der Waals surface area contributed by atoms with Crippen LogP contribution in [0.5, 0.6) is 0 Å². The van der Waals surface area contributed by atoms with Gasteiger partial charge in [-0.05, 0) is 11.8 Å². The molecule has 0 aromatic carbocycles. The van der Waals surface area contributed by atoms with Crippen LogP contribution in [0, 0.1) is 11.8 Å². The van der Waals surface area contributed by atoms with Crippen molar-refractivity contribution in [1.29, 1.82) is 0 Å². The summed E-state index contributed by atoms with van der Waals surface area (Å²) in [4.78, 5) is 10.2. The molecule has 2 heteroatoms. The van der Waals surface area contributed by atoms with Gasteiger partial charge in [-0.3, -0.25) is 4.79 Å². The van der Waals surface area contributed by atoms with E-state index in [1.165, 1.54) is 0 Å². The molecule has 0 aromatic heterocycles. The maximum Gasteiger partial charge on any atom is 0.307 e. The number of aliphatic carboxylic acids is 1. The monoisotopic (exact) mass is 170 g/mol. The summed E-state index contributed by atoms with van der Waals surface area (Å²) in [5.74, 6) is 0.354. The molecule has 0 amide bonds. The Labute approximate surface area is 74.3 Å². The average Bonchev–Trinajstić information content (AvgIpc) is 2.02. The Morgan fingerprint density at radius 3 is 2.50 bits per heavy atom. The van der Waals surface area contributed by atoms with Gasteiger partial charge in [0.15, 0.2) is 0 Å². The quantitative estimate of drug-likeness (QED) is 0.644. The molecule has 0 saturated carbocycles. The van der Waals surface area contributed by atoms with E-state index >= 15 is 0 Å². The molecular weight excluding hydrogens is 152 g/mol. The van der Waals surface area contributed by atoms with Crippen LogP contribution in [0.25, 0.3) is 0 Å². The summed E-state index contributed by atoms with van der Waals surface area (Å²) < 4.78 is 0. The van der Waals surface area contributed by atoms with Gasteiger partial charge in [-0.2, -0.15) is 0 Å². The zero-order valence-electron chi connectivity index (χ0n) is 8.08.